The number of hydrogen-bond acceptors (Lipinski definition) is 1. The molecule has 2 aromatic carbocycles. The maximum atomic E-state index is 5.31. The summed E-state index contributed by atoms with van der Waals surface area (Å²) in [6.45, 7) is 0. The van der Waals surface area contributed by atoms with E-state index in [1.807, 2.05) is 6.08 Å². The number of rotatable bonds is 0. The average molecular weight is 213 g/mol. The van der Waals surface area contributed by atoms with Gasteiger partial charge in [0, 0.05) is 10.4 Å². The Bertz CT molecular complexity index is 565. The molecule has 3 rings (SSSR count). The van der Waals surface area contributed by atoms with Crippen molar-refractivity contribution in [1.82, 2.24) is 0 Å². The molecule has 0 heterocycles. The van der Waals surface area contributed by atoms with Crippen LogP contribution >= 0.6 is 12.2 Å². The maximum Gasteiger partial charge on any atom is 0.0456 e. The lowest BCUT2D eigenvalue weighted by molar-refractivity contribution is 0.824. The van der Waals surface area contributed by atoms with Crippen LogP contribution in [0.5, 0.6) is 0 Å². The summed E-state index contributed by atoms with van der Waals surface area (Å²) in [6, 6.07) is 12.6. The minimum atomic E-state index is 0. The van der Waals surface area contributed by atoms with Crippen LogP contribution in [-0.2, 0) is 0 Å². The molecule has 0 atom stereocenters. The summed E-state index contributed by atoms with van der Waals surface area (Å²) in [7, 11) is 0. The van der Waals surface area contributed by atoms with Gasteiger partial charge in [0.15, 0.2) is 0 Å². The van der Waals surface area contributed by atoms with Crippen molar-refractivity contribution in [3.63, 3.8) is 0 Å². The standard InChI is InChI=1S/C13H8S.HO/c14-12-8-7-10-4-1-3-9-5-2-6-11(12)13(9)10;/h1-8H;1H. The second-order valence-electron chi connectivity index (χ2n) is 3.45. The molecular formula is C13H9OS. The van der Waals surface area contributed by atoms with Crippen molar-refractivity contribution in [2.45, 2.75) is 0 Å². The van der Waals surface area contributed by atoms with Crippen LogP contribution in [0.3, 0.4) is 0 Å². The van der Waals surface area contributed by atoms with Crippen LogP contribution in [0.1, 0.15) is 11.1 Å². The van der Waals surface area contributed by atoms with Gasteiger partial charge in [0.1, 0.15) is 0 Å². The SMILES string of the molecule is S=C1C=Cc2cccc3cccc1c23.[OH]. The van der Waals surface area contributed by atoms with Gasteiger partial charge in [-0.2, -0.15) is 0 Å². The third kappa shape index (κ3) is 1.39. The second-order valence-corrected chi connectivity index (χ2v) is 3.89. The monoisotopic (exact) mass is 213 g/mol. The van der Waals surface area contributed by atoms with Crippen molar-refractivity contribution in [2.75, 3.05) is 0 Å². The Balaban J connectivity index is 0.000000853. The highest BCUT2D eigenvalue weighted by molar-refractivity contribution is 7.81. The molecule has 0 spiro atoms. The quantitative estimate of drug-likeness (QED) is 0.668. The second kappa shape index (κ2) is 3.57. The van der Waals surface area contributed by atoms with Crippen LogP contribution in [0.4, 0.5) is 0 Å². The van der Waals surface area contributed by atoms with Gasteiger partial charge in [-0.05, 0) is 22.4 Å². The lowest BCUT2D eigenvalue weighted by atomic mass is 9.93. The van der Waals surface area contributed by atoms with E-state index in [-0.39, 0.29) is 5.48 Å². The zero-order valence-electron chi connectivity index (χ0n) is 7.97. The Hall–Kier alpha value is -1.51. The number of benzene rings is 2. The summed E-state index contributed by atoms with van der Waals surface area (Å²) in [5, 5.41) is 2.56. The first kappa shape index (κ1) is 10.0. The molecule has 0 bridgehead atoms. The molecule has 0 saturated heterocycles. The molecule has 2 heteroatoms. The van der Waals surface area contributed by atoms with Crippen molar-refractivity contribution >= 4 is 33.9 Å². The van der Waals surface area contributed by atoms with Crippen LogP contribution < -0.4 is 0 Å². The molecule has 0 unspecified atom stereocenters. The van der Waals surface area contributed by atoms with Gasteiger partial charge in [0.2, 0.25) is 0 Å². The summed E-state index contributed by atoms with van der Waals surface area (Å²) in [5.74, 6) is 0. The highest BCUT2D eigenvalue weighted by atomic mass is 32.1. The minimum absolute atomic E-state index is 0. The Morgan fingerprint density at radius 2 is 1.60 bits per heavy atom. The van der Waals surface area contributed by atoms with Crippen LogP contribution in [0.2, 0.25) is 0 Å². The van der Waals surface area contributed by atoms with E-state index < -0.39 is 0 Å². The molecule has 0 fully saturated rings. The Morgan fingerprint density at radius 1 is 0.867 bits per heavy atom. The number of thiocarbonyl (C=S) groups is 1. The molecule has 0 amide bonds. The molecule has 1 nitrogen and oxygen atoms in total. The zero-order chi connectivity index (χ0) is 9.54. The van der Waals surface area contributed by atoms with Gasteiger partial charge in [-0.3, -0.25) is 5.48 Å². The van der Waals surface area contributed by atoms with E-state index in [9.17, 15) is 0 Å². The highest BCUT2D eigenvalue weighted by Gasteiger charge is 2.10. The Kier molecular flexibility index (Phi) is 2.39. The summed E-state index contributed by atoms with van der Waals surface area (Å²) < 4.78 is 0. The molecule has 0 aliphatic heterocycles. The smallest absolute Gasteiger partial charge is 0.0456 e. The lowest BCUT2D eigenvalue weighted by Gasteiger charge is -2.12. The fraction of sp³-hybridized carbons (Fsp3) is 0. The van der Waals surface area contributed by atoms with Gasteiger partial charge < -0.3 is 0 Å². The van der Waals surface area contributed by atoms with E-state index in [1.54, 1.807) is 0 Å². The molecule has 0 aromatic heterocycles. The van der Waals surface area contributed by atoms with Crippen molar-refractivity contribution in [3.05, 3.63) is 53.6 Å². The predicted molar refractivity (Wildman–Crippen MR) is 66.6 cm³/mol. The van der Waals surface area contributed by atoms with Gasteiger partial charge in [0.25, 0.3) is 0 Å². The summed E-state index contributed by atoms with van der Waals surface area (Å²) in [6.07, 6.45) is 4.10. The summed E-state index contributed by atoms with van der Waals surface area (Å²) >= 11 is 5.31. The van der Waals surface area contributed by atoms with E-state index in [0.717, 1.165) is 4.86 Å². The van der Waals surface area contributed by atoms with Crippen LogP contribution in [0, 0.1) is 0 Å². The molecular weight excluding hydrogens is 204 g/mol. The van der Waals surface area contributed by atoms with E-state index in [2.05, 4.69) is 42.5 Å². The molecule has 1 radical (unpaired) electrons. The molecule has 15 heavy (non-hydrogen) atoms. The van der Waals surface area contributed by atoms with Gasteiger partial charge in [0.05, 0.1) is 0 Å². The largest absolute Gasteiger partial charge is 0.255 e. The van der Waals surface area contributed by atoms with E-state index in [4.69, 9.17) is 12.2 Å². The minimum Gasteiger partial charge on any atom is -0.255 e. The fourth-order valence-corrected chi connectivity index (χ4v) is 2.21. The first-order valence-electron chi connectivity index (χ1n) is 4.60. The first-order valence-corrected chi connectivity index (χ1v) is 5.01. The Labute approximate surface area is 93.4 Å². The third-order valence-electron chi connectivity index (χ3n) is 2.62. The Morgan fingerprint density at radius 3 is 2.40 bits per heavy atom. The normalized spacial score (nSPS) is 12.7. The van der Waals surface area contributed by atoms with Crippen LogP contribution in [-0.4, -0.2) is 10.3 Å². The van der Waals surface area contributed by atoms with Gasteiger partial charge >= 0.3 is 0 Å². The van der Waals surface area contributed by atoms with Crippen LogP contribution in [0.25, 0.3) is 16.8 Å². The molecule has 73 valence electrons. The van der Waals surface area contributed by atoms with E-state index >= 15 is 0 Å². The predicted octanol–water partition coefficient (Wildman–Crippen LogP) is 3.41. The number of hydrogen-bond donors (Lipinski definition) is 1. The average Bonchev–Trinajstić information content (AvgIpc) is 2.24. The summed E-state index contributed by atoms with van der Waals surface area (Å²) in [5.41, 5.74) is 2.46. The zero-order valence-corrected chi connectivity index (χ0v) is 8.79. The van der Waals surface area contributed by atoms with Crippen molar-refractivity contribution in [2.24, 2.45) is 0 Å². The molecule has 2 aromatic rings. The van der Waals surface area contributed by atoms with Gasteiger partial charge in [-0.25, -0.2) is 0 Å². The van der Waals surface area contributed by atoms with Crippen molar-refractivity contribution in [1.29, 1.82) is 0 Å². The topological polar surface area (TPSA) is 30.0 Å². The van der Waals surface area contributed by atoms with E-state index in [1.165, 1.54) is 21.9 Å². The first-order chi connectivity index (χ1) is 6.86. The van der Waals surface area contributed by atoms with Crippen LogP contribution in [0.15, 0.2) is 42.5 Å². The fourth-order valence-electron chi connectivity index (χ4n) is 1.97. The van der Waals surface area contributed by atoms with Gasteiger partial charge in [-0.1, -0.05) is 54.7 Å². The highest BCUT2D eigenvalue weighted by Crippen LogP contribution is 2.28. The van der Waals surface area contributed by atoms with Gasteiger partial charge in [-0.15, -0.1) is 0 Å². The van der Waals surface area contributed by atoms with Crippen molar-refractivity contribution < 1.29 is 5.48 Å². The molecule has 1 aliphatic carbocycles. The molecule has 1 N–H and O–H groups in total. The number of allylic oxidation sites excluding steroid dienone is 1. The molecule has 1 aliphatic rings. The van der Waals surface area contributed by atoms with E-state index in [0.29, 0.717) is 0 Å². The maximum absolute atomic E-state index is 5.31. The summed E-state index contributed by atoms with van der Waals surface area (Å²) in [4.78, 5) is 0.939. The van der Waals surface area contributed by atoms with Crippen molar-refractivity contribution in [3.8, 4) is 0 Å². The third-order valence-corrected chi connectivity index (χ3v) is 2.97. The lowest BCUT2D eigenvalue weighted by Crippen LogP contribution is -1.99. The molecule has 0 saturated carbocycles.